The number of rotatable bonds is 5. The predicted octanol–water partition coefficient (Wildman–Crippen LogP) is 2.84. The van der Waals surface area contributed by atoms with Crippen LogP contribution in [0.25, 0.3) is 0 Å². The third-order valence-corrected chi connectivity index (χ3v) is 2.47. The van der Waals surface area contributed by atoms with Gasteiger partial charge in [0.25, 0.3) is 0 Å². The molecule has 0 fully saturated rings. The van der Waals surface area contributed by atoms with Crippen molar-refractivity contribution < 1.29 is 9.47 Å². The molecule has 0 unspecified atom stereocenters. The minimum atomic E-state index is 0.291. The number of ether oxygens (including phenoxy) is 2. The predicted molar refractivity (Wildman–Crippen MR) is 70.7 cm³/mol. The van der Waals surface area contributed by atoms with Gasteiger partial charge in [0.1, 0.15) is 11.5 Å². The van der Waals surface area contributed by atoms with Crippen LogP contribution in [0.2, 0.25) is 0 Å². The van der Waals surface area contributed by atoms with Gasteiger partial charge in [0.15, 0.2) is 0 Å². The highest BCUT2D eigenvalue weighted by Gasteiger charge is 2.10. The van der Waals surface area contributed by atoms with Gasteiger partial charge < -0.3 is 14.8 Å². The molecule has 1 rings (SSSR count). The highest BCUT2D eigenvalue weighted by Crippen LogP contribution is 2.24. The molecule has 0 aliphatic carbocycles. The van der Waals surface area contributed by atoms with Gasteiger partial charge >= 0.3 is 0 Å². The van der Waals surface area contributed by atoms with Crippen LogP contribution in [0.15, 0.2) is 18.2 Å². The highest BCUT2D eigenvalue weighted by molar-refractivity contribution is 5.40. The average molecular weight is 237 g/mol. The molecule has 0 aliphatic rings. The third-order valence-electron chi connectivity index (χ3n) is 2.47. The van der Waals surface area contributed by atoms with Gasteiger partial charge in [0, 0.05) is 24.7 Å². The molecule has 0 amide bonds. The lowest BCUT2D eigenvalue weighted by Gasteiger charge is -2.19. The molecule has 17 heavy (non-hydrogen) atoms. The van der Waals surface area contributed by atoms with Gasteiger partial charge in [-0.1, -0.05) is 26.8 Å². The van der Waals surface area contributed by atoms with E-state index in [0.717, 1.165) is 30.2 Å². The molecular formula is C14H23NO2. The Balaban J connectivity index is 2.64. The Morgan fingerprint density at radius 2 is 1.82 bits per heavy atom. The Bertz CT molecular complexity index is 356. The summed E-state index contributed by atoms with van der Waals surface area (Å²) >= 11 is 0. The lowest BCUT2D eigenvalue weighted by molar-refractivity contribution is 0.370. The van der Waals surface area contributed by atoms with E-state index in [1.54, 1.807) is 14.2 Å². The van der Waals surface area contributed by atoms with Crippen molar-refractivity contribution in [3.8, 4) is 11.5 Å². The smallest absolute Gasteiger partial charge is 0.127 e. The van der Waals surface area contributed by atoms with Crippen molar-refractivity contribution in [3.63, 3.8) is 0 Å². The van der Waals surface area contributed by atoms with E-state index < -0.39 is 0 Å². The molecular weight excluding hydrogens is 214 g/mol. The molecule has 0 atom stereocenters. The van der Waals surface area contributed by atoms with E-state index >= 15 is 0 Å². The summed E-state index contributed by atoms with van der Waals surface area (Å²) in [7, 11) is 3.34. The van der Waals surface area contributed by atoms with Gasteiger partial charge in [-0.05, 0) is 11.5 Å². The number of methoxy groups -OCH3 is 2. The molecule has 0 aliphatic heterocycles. The number of benzene rings is 1. The maximum atomic E-state index is 5.35. The Morgan fingerprint density at radius 3 is 2.35 bits per heavy atom. The third kappa shape index (κ3) is 4.65. The maximum absolute atomic E-state index is 5.35. The lowest BCUT2D eigenvalue weighted by atomic mass is 9.97. The van der Waals surface area contributed by atoms with E-state index in [-0.39, 0.29) is 0 Å². The zero-order valence-electron chi connectivity index (χ0n) is 11.5. The molecule has 0 bridgehead atoms. The van der Waals surface area contributed by atoms with Gasteiger partial charge in [-0.2, -0.15) is 0 Å². The van der Waals surface area contributed by atoms with Crippen LogP contribution in [0.5, 0.6) is 11.5 Å². The van der Waals surface area contributed by atoms with Gasteiger partial charge in [-0.15, -0.1) is 0 Å². The first kappa shape index (κ1) is 13.8. The first-order valence-electron chi connectivity index (χ1n) is 5.88. The van der Waals surface area contributed by atoms with Gasteiger partial charge in [0.2, 0.25) is 0 Å². The fraction of sp³-hybridized carbons (Fsp3) is 0.571. The van der Waals surface area contributed by atoms with Crippen molar-refractivity contribution in [1.29, 1.82) is 0 Å². The molecule has 1 aromatic carbocycles. The SMILES string of the molecule is COc1ccc(CNCC(C)(C)C)c(OC)c1. The summed E-state index contributed by atoms with van der Waals surface area (Å²) in [5, 5.41) is 3.43. The van der Waals surface area contributed by atoms with Crippen LogP contribution in [0.1, 0.15) is 26.3 Å². The van der Waals surface area contributed by atoms with E-state index in [4.69, 9.17) is 9.47 Å². The summed E-state index contributed by atoms with van der Waals surface area (Å²) in [5.41, 5.74) is 1.44. The molecule has 1 N–H and O–H groups in total. The topological polar surface area (TPSA) is 30.5 Å². The second-order valence-corrected chi connectivity index (χ2v) is 5.34. The van der Waals surface area contributed by atoms with Crippen molar-refractivity contribution >= 4 is 0 Å². The van der Waals surface area contributed by atoms with E-state index in [1.165, 1.54) is 0 Å². The monoisotopic (exact) mass is 237 g/mol. The highest BCUT2D eigenvalue weighted by atomic mass is 16.5. The molecule has 1 aromatic rings. The molecule has 0 aromatic heterocycles. The fourth-order valence-corrected chi connectivity index (χ4v) is 1.57. The number of hydrogen-bond acceptors (Lipinski definition) is 3. The summed E-state index contributed by atoms with van der Waals surface area (Å²) in [5.74, 6) is 1.69. The molecule has 0 spiro atoms. The van der Waals surface area contributed by atoms with Crippen LogP contribution in [0.4, 0.5) is 0 Å². The van der Waals surface area contributed by atoms with Crippen molar-refractivity contribution in [3.05, 3.63) is 23.8 Å². The average Bonchev–Trinajstić information content (AvgIpc) is 2.27. The molecule has 3 nitrogen and oxygen atoms in total. The Morgan fingerprint density at radius 1 is 1.12 bits per heavy atom. The molecule has 0 heterocycles. The van der Waals surface area contributed by atoms with Crippen LogP contribution in [0, 0.1) is 5.41 Å². The van der Waals surface area contributed by atoms with Gasteiger partial charge in [0.05, 0.1) is 14.2 Å². The second-order valence-electron chi connectivity index (χ2n) is 5.34. The lowest BCUT2D eigenvalue weighted by Crippen LogP contribution is -2.26. The van der Waals surface area contributed by atoms with Crippen molar-refractivity contribution in [1.82, 2.24) is 5.32 Å². The standard InChI is InChI=1S/C14H23NO2/c1-14(2,3)10-15-9-11-6-7-12(16-4)8-13(11)17-5/h6-8,15H,9-10H2,1-5H3. The van der Waals surface area contributed by atoms with Crippen molar-refractivity contribution in [2.75, 3.05) is 20.8 Å². The first-order chi connectivity index (χ1) is 7.96. The summed E-state index contributed by atoms with van der Waals surface area (Å²) in [6.07, 6.45) is 0. The first-order valence-corrected chi connectivity index (χ1v) is 5.88. The van der Waals surface area contributed by atoms with Crippen molar-refractivity contribution in [2.24, 2.45) is 5.41 Å². The normalized spacial score (nSPS) is 11.4. The zero-order chi connectivity index (χ0) is 12.9. The van der Waals surface area contributed by atoms with Gasteiger partial charge in [-0.3, -0.25) is 0 Å². The summed E-state index contributed by atoms with van der Waals surface area (Å²) in [6.45, 7) is 8.42. The van der Waals surface area contributed by atoms with E-state index in [9.17, 15) is 0 Å². The minimum Gasteiger partial charge on any atom is -0.497 e. The van der Waals surface area contributed by atoms with Crippen LogP contribution in [-0.4, -0.2) is 20.8 Å². The quantitative estimate of drug-likeness (QED) is 0.854. The maximum Gasteiger partial charge on any atom is 0.127 e. The van der Waals surface area contributed by atoms with Crippen LogP contribution in [0.3, 0.4) is 0 Å². The Kier molecular flexibility index (Phi) is 4.82. The second kappa shape index (κ2) is 5.92. The number of nitrogens with one attached hydrogen (secondary N) is 1. The summed E-state index contributed by atoms with van der Waals surface area (Å²) in [6, 6.07) is 5.90. The van der Waals surface area contributed by atoms with Crippen molar-refractivity contribution in [2.45, 2.75) is 27.3 Å². The number of hydrogen-bond donors (Lipinski definition) is 1. The Labute approximate surface area is 104 Å². The summed E-state index contributed by atoms with van der Waals surface area (Å²) in [4.78, 5) is 0. The van der Waals surface area contributed by atoms with Crippen LogP contribution >= 0.6 is 0 Å². The largest absolute Gasteiger partial charge is 0.497 e. The molecule has 96 valence electrons. The van der Waals surface area contributed by atoms with Crippen LogP contribution in [-0.2, 0) is 6.54 Å². The van der Waals surface area contributed by atoms with E-state index in [1.807, 2.05) is 18.2 Å². The molecule has 0 radical (unpaired) electrons. The molecule has 3 heteroatoms. The molecule has 0 saturated carbocycles. The minimum absolute atomic E-state index is 0.291. The molecule has 0 saturated heterocycles. The van der Waals surface area contributed by atoms with E-state index in [0.29, 0.717) is 5.41 Å². The van der Waals surface area contributed by atoms with E-state index in [2.05, 4.69) is 26.1 Å². The zero-order valence-corrected chi connectivity index (χ0v) is 11.5. The fourth-order valence-electron chi connectivity index (χ4n) is 1.57. The summed E-state index contributed by atoms with van der Waals surface area (Å²) < 4.78 is 10.5. The van der Waals surface area contributed by atoms with Crippen LogP contribution < -0.4 is 14.8 Å². The Hall–Kier alpha value is -1.22. The van der Waals surface area contributed by atoms with Gasteiger partial charge in [-0.25, -0.2) is 0 Å².